The van der Waals surface area contributed by atoms with Gasteiger partial charge >= 0.3 is 20.1 Å². The summed E-state index contributed by atoms with van der Waals surface area (Å²) >= 11 is 0. The van der Waals surface area contributed by atoms with Gasteiger partial charge in [0.15, 0.2) is 0 Å². The monoisotopic (exact) mass is 1030 g/mol. The van der Waals surface area contributed by atoms with Gasteiger partial charge < -0.3 is 19.6 Å². The van der Waals surface area contributed by atoms with Crippen LogP contribution in [-0.2, 0) is 31.9 Å². The van der Waals surface area contributed by atoms with Crippen LogP contribution in [0.25, 0.3) is 60.8 Å². The SMILES string of the molecule is CC(C)Cc1cc(-c2[c-]ccc3c2C(C)(C)c2ccccc2-3)ncc1[Si](C)(C)C.[Ir+3].[c-]1ccc2c(oc3ccccc32)c1C1[N-]c2ccccc2N1c1ccc(-c2ccccc2)cc1. The van der Waals surface area contributed by atoms with Gasteiger partial charge in [-0.15, -0.1) is 40.6 Å². The third-order valence-corrected chi connectivity index (χ3v) is 14.8. The largest absolute Gasteiger partial charge is 3.00 e. The van der Waals surface area contributed by atoms with Crippen LogP contribution in [0.2, 0.25) is 19.6 Å². The Morgan fingerprint density at radius 3 is 2.20 bits per heavy atom. The number of aromatic nitrogens is 1. The molecule has 0 bridgehead atoms. The van der Waals surface area contributed by atoms with Crippen molar-refractivity contribution in [3.05, 3.63) is 204 Å². The molecule has 1 aliphatic carbocycles. The summed E-state index contributed by atoms with van der Waals surface area (Å²) in [4.78, 5) is 7.27. The first-order valence-corrected chi connectivity index (χ1v) is 25.7. The van der Waals surface area contributed by atoms with Crippen LogP contribution in [0.15, 0.2) is 168 Å². The summed E-state index contributed by atoms with van der Waals surface area (Å²) in [5.41, 5.74) is 17.3. The fourth-order valence-corrected chi connectivity index (χ4v) is 11.4. The molecular weight excluding hydrogens is 975 g/mol. The van der Waals surface area contributed by atoms with Gasteiger partial charge in [-0.05, 0) is 81.3 Å². The second kappa shape index (κ2) is 17.2. The van der Waals surface area contributed by atoms with E-state index >= 15 is 0 Å². The van der Waals surface area contributed by atoms with Crippen molar-refractivity contribution in [1.82, 2.24) is 4.98 Å². The fourth-order valence-electron chi connectivity index (χ4n) is 9.81. The Balaban J connectivity index is 0.000000162. The molecule has 0 radical (unpaired) electrons. The zero-order valence-electron chi connectivity index (χ0n) is 37.5. The van der Waals surface area contributed by atoms with Crippen molar-refractivity contribution < 1.29 is 24.5 Å². The predicted molar refractivity (Wildman–Crippen MR) is 266 cm³/mol. The van der Waals surface area contributed by atoms with Crippen LogP contribution >= 0.6 is 0 Å². The first-order valence-electron chi connectivity index (χ1n) is 22.2. The van der Waals surface area contributed by atoms with E-state index in [0.29, 0.717) is 5.92 Å². The molecule has 1 unspecified atom stereocenters. The van der Waals surface area contributed by atoms with Crippen LogP contribution in [0.5, 0.6) is 0 Å². The van der Waals surface area contributed by atoms with Crippen LogP contribution in [0.1, 0.15) is 56.1 Å². The predicted octanol–water partition coefficient (Wildman–Crippen LogP) is 15.5. The van der Waals surface area contributed by atoms with E-state index in [1.54, 1.807) is 0 Å². The number of fused-ring (bicyclic) bond motifs is 7. The Bertz CT molecular complexity index is 3130. The van der Waals surface area contributed by atoms with Crippen molar-refractivity contribution in [2.75, 3.05) is 4.90 Å². The minimum Gasteiger partial charge on any atom is -0.661 e. The first kappa shape index (κ1) is 43.2. The zero-order valence-corrected chi connectivity index (χ0v) is 40.9. The maximum atomic E-state index is 6.34. The Labute approximate surface area is 392 Å². The van der Waals surface area contributed by atoms with Gasteiger partial charge in [0.25, 0.3) is 0 Å². The molecule has 11 rings (SSSR count). The van der Waals surface area contributed by atoms with Crippen molar-refractivity contribution in [2.45, 2.75) is 65.3 Å². The smallest absolute Gasteiger partial charge is 0.661 e. The molecular formula is C58H52IrN3OSi. The Kier molecular flexibility index (Phi) is 11.6. The summed E-state index contributed by atoms with van der Waals surface area (Å²) in [5, 5.41) is 8.81. The summed E-state index contributed by atoms with van der Waals surface area (Å²) in [7, 11) is -1.44. The molecule has 0 spiro atoms. The first-order chi connectivity index (χ1) is 30.5. The maximum Gasteiger partial charge on any atom is 3.00 e. The van der Waals surface area contributed by atoms with E-state index in [9.17, 15) is 0 Å². The standard InChI is InChI=1S/C31H20N2O.C27H32NSi.Ir/c1-2-9-21(10-3-1)22-17-19-23(20-18-22)33-28-15-6-5-14-27(28)32-31(33)26-13-8-12-25-24-11-4-7-16-29(24)34-30(25)26;1-18(2)15-19-16-24(28-17-25(19)29(5,6)7)22-13-10-12-21-20-11-8-9-14-23(20)27(3,4)26(21)22;/h1-12,14-20,31H;8-12,14,16-18H,15H2,1-7H3;/q-2;-1;+3. The molecule has 1 atom stereocenters. The third-order valence-electron chi connectivity index (χ3n) is 12.7. The molecule has 0 saturated carbocycles. The number of furan rings is 1. The van der Waals surface area contributed by atoms with Gasteiger partial charge in [0.1, 0.15) is 5.58 Å². The average Bonchev–Trinajstić information content (AvgIpc) is 3.94. The van der Waals surface area contributed by atoms with Crippen LogP contribution in [0.4, 0.5) is 17.1 Å². The number of benzene rings is 7. The normalized spacial score (nSPS) is 14.6. The van der Waals surface area contributed by atoms with E-state index < -0.39 is 8.07 Å². The number of anilines is 2. The number of para-hydroxylation sites is 3. The van der Waals surface area contributed by atoms with Crippen molar-refractivity contribution in [2.24, 2.45) is 5.92 Å². The molecule has 0 fully saturated rings. The molecule has 2 aliphatic rings. The molecule has 64 heavy (non-hydrogen) atoms. The topological polar surface area (TPSA) is 43.4 Å². The summed E-state index contributed by atoms with van der Waals surface area (Å²) in [6.45, 7) is 16.5. The van der Waals surface area contributed by atoms with Crippen LogP contribution in [0.3, 0.4) is 0 Å². The van der Waals surface area contributed by atoms with Gasteiger partial charge in [-0.1, -0.05) is 173 Å². The second-order valence-corrected chi connectivity index (χ2v) is 23.9. The molecule has 9 aromatic rings. The van der Waals surface area contributed by atoms with Crippen LogP contribution < -0.4 is 10.1 Å². The van der Waals surface area contributed by atoms with Crippen molar-refractivity contribution >= 4 is 52.3 Å². The van der Waals surface area contributed by atoms with Gasteiger partial charge in [-0.3, -0.25) is 0 Å². The molecule has 0 N–H and O–H groups in total. The van der Waals surface area contributed by atoms with E-state index in [-0.39, 0.29) is 31.7 Å². The molecule has 2 aromatic heterocycles. The van der Waals surface area contributed by atoms with Gasteiger partial charge in [0.2, 0.25) is 0 Å². The minimum absolute atomic E-state index is 0. The van der Waals surface area contributed by atoms with Crippen LogP contribution in [-0.4, -0.2) is 13.1 Å². The number of pyridine rings is 1. The van der Waals surface area contributed by atoms with Gasteiger partial charge in [0.05, 0.1) is 8.07 Å². The molecule has 3 heterocycles. The van der Waals surface area contributed by atoms with E-state index in [1.165, 1.54) is 44.1 Å². The molecule has 0 saturated heterocycles. The zero-order chi connectivity index (χ0) is 43.5. The van der Waals surface area contributed by atoms with E-state index in [4.69, 9.17) is 14.7 Å². The van der Waals surface area contributed by atoms with Crippen LogP contribution in [0, 0.1) is 18.1 Å². The summed E-state index contributed by atoms with van der Waals surface area (Å²) in [5.74, 6) is 0.631. The number of hydrogen-bond donors (Lipinski definition) is 0. The molecule has 0 amide bonds. The Hall–Kier alpha value is -6.04. The Morgan fingerprint density at radius 1 is 0.734 bits per heavy atom. The maximum absolute atomic E-state index is 6.34. The fraction of sp³-hybridized carbons (Fsp3) is 0.190. The summed E-state index contributed by atoms with van der Waals surface area (Å²) < 4.78 is 6.34. The molecule has 1 aliphatic heterocycles. The second-order valence-electron chi connectivity index (χ2n) is 18.9. The quantitative estimate of drug-likeness (QED) is 0.118. The molecule has 4 nitrogen and oxygen atoms in total. The average molecular weight is 1030 g/mol. The van der Waals surface area contributed by atoms with Gasteiger partial charge in [0, 0.05) is 28.5 Å². The number of hydrogen-bond acceptors (Lipinski definition) is 3. The Morgan fingerprint density at radius 2 is 1.42 bits per heavy atom. The summed E-state index contributed by atoms with van der Waals surface area (Å²) in [6, 6.07) is 62.1. The van der Waals surface area contributed by atoms with Crippen molar-refractivity contribution in [1.29, 1.82) is 0 Å². The number of nitrogens with zero attached hydrogens (tertiary/aromatic N) is 3. The van der Waals surface area contributed by atoms with E-state index in [1.807, 2.05) is 36.4 Å². The third kappa shape index (κ3) is 7.72. The summed E-state index contributed by atoms with van der Waals surface area (Å²) in [6.07, 6.45) is 3.01. The number of rotatable bonds is 7. The molecule has 6 heteroatoms. The van der Waals surface area contributed by atoms with Gasteiger partial charge in [-0.25, -0.2) is 0 Å². The van der Waals surface area contributed by atoms with E-state index in [2.05, 4.69) is 192 Å². The van der Waals surface area contributed by atoms with Crippen molar-refractivity contribution in [3.8, 4) is 33.5 Å². The molecule has 7 aromatic carbocycles. The molecule has 318 valence electrons. The van der Waals surface area contributed by atoms with Crippen molar-refractivity contribution in [3.63, 3.8) is 0 Å². The minimum atomic E-state index is -1.44. The van der Waals surface area contributed by atoms with Gasteiger partial charge in [-0.2, -0.15) is 18.2 Å². The van der Waals surface area contributed by atoms with E-state index in [0.717, 1.165) is 62.2 Å².